The molecule has 3 N–H and O–H groups in total. The van der Waals surface area contributed by atoms with Crippen molar-refractivity contribution in [2.75, 3.05) is 38.0 Å². The molecule has 0 saturated carbocycles. The number of fused-ring (bicyclic) bond motifs is 1. The van der Waals surface area contributed by atoms with E-state index < -0.39 is 0 Å². The maximum Gasteiger partial charge on any atom is 0.241 e. The standard InChI is InChI=1S/C24H28ClN5O4S/c1-14-4-6-16(11-18(14)25)30-23(32)17-12-27-29-22(17)28-24(30)35-13-21(31)26-9-8-15-5-7-19(33-2)20(10-15)34-3/h4-7,10-11,17,22,27,29H,8-9,12-13H2,1-3H3,(H,26,31). The first-order valence-electron chi connectivity index (χ1n) is 11.2. The Hall–Kier alpha value is -2.79. The summed E-state index contributed by atoms with van der Waals surface area (Å²) >= 11 is 7.55. The molecule has 2 heterocycles. The molecule has 2 aromatic carbocycles. The third-order valence-corrected chi connectivity index (χ3v) is 7.22. The Kier molecular flexibility index (Phi) is 8.17. The van der Waals surface area contributed by atoms with E-state index in [-0.39, 0.29) is 29.7 Å². The molecule has 0 radical (unpaired) electrons. The highest BCUT2D eigenvalue weighted by atomic mass is 35.5. The van der Waals surface area contributed by atoms with Crippen LogP contribution in [0.3, 0.4) is 0 Å². The second kappa shape index (κ2) is 11.3. The molecular formula is C24H28ClN5O4S. The lowest BCUT2D eigenvalue weighted by atomic mass is 10.0. The van der Waals surface area contributed by atoms with Gasteiger partial charge in [-0.2, -0.15) is 0 Å². The first-order valence-corrected chi connectivity index (χ1v) is 12.5. The highest BCUT2D eigenvalue weighted by Gasteiger charge is 2.42. The largest absolute Gasteiger partial charge is 0.493 e. The predicted octanol–water partition coefficient (Wildman–Crippen LogP) is 2.51. The van der Waals surface area contributed by atoms with Crippen molar-refractivity contribution in [2.24, 2.45) is 10.9 Å². The molecule has 2 amide bonds. The number of halogens is 1. The summed E-state index contributed by atoms with van der Waals surface area (Å²) in [6.07, 6.45) is 0.277. The van der Waals surface area contributed by atoms with Crippen LogP contribution in [0.5, 0.6) is 11.5 Å². The normalized spacial score (nSPS) is 19.3. The fourth-order valence-corrected chi connectivity index (χ4v) is 4.94. The van der Waals surface area contributed by atoms with Gasteiger partial charge < -0.3 is 14.8 Å². The summed E-state index contributed by atoms with van der Waals surface area (Å²) in [5.74, 6) is 0.879. The van der Waals surface area contributed by atoms with E-state index in [4.69, 9.17) is 26.1 Å². The molecule has 2 unspecified atom stereocenters. The zero-order chi connectivity index (χ0) is 24.9. The molecule has 2 aliphatic rings. The van der Waals surface area contributed by atoms with Crippen molar-refractivity contribution in [3.8, 4) is 11.5 Å². The summed E-state index contributed by atoms with van der Waals surface area (Å²) in [4.78, 5) is 32.1. The lowest BCUT2D eigenvalue weighted by molar-refractivity contribution is -0.121. The molecule has 11 heteroatoms. The third kappa shape index (κ3) is 5.72. The fraction of sp³-hybridized carbons (Fsp3) is 0.375. The van der Waals surface area contributed by atoms with E-state index >= 15 is 0 Å². The topological polar surface area (TPSA) is 104 Å². The highest BCUT2D eigenvalue weighted by molar-refractivity contribution is 8.14. The smallest absolute Gasteiger partial charge is 0.241 e. The van der Waals surface area contributed by atoms with Gasteiger partial charge in [0.25, 0.3) is 0 Å². The average Bonchev–Trinajstić information content (AvgIpc) is 3.33. The number of carbonyl (C=O) groups excluding carboxylic acids is 2. The maximum absolute atomic E-state index is 13.3. The van der Waals surface area contributed by atoms with Crippen LogP contribution >= 0.6 is 23.4 Å². The maximum atomic E-state index is 13.3. The molecule has 2 atom stereocenters. The van der Waals surface area contributed by atoms with Crippen LogP contribution < -0.4 is 30.5 Å². The Labute approximate surface area is 213 Å². The second-order valence-electron chi connectivity index (χ2n) is 8.17. The van der Waals surface area contributed by atoms with Gasteiger partial charge in [0.05, 0.1) is 31.6 Å². The summed E-state index contributed by atoms with van der Waals surface area (Å²) in [5, 5.41) is 3.95. The monoisotopic (exact) mass is 517 g/mol. The number of nitrogens with one attached hydrogen (secondary N) is 3. The predicted molar refractivity (Wildman–Crippen MR) is 138 cm³/mol. The van der Waals surface area contributed by atoms with Gasteiger partial charge in [0, 0.05) is 18.1 Å². The van der Waals surface area contributed by atoms with Crippen molar-refractivity contribution in [1.29, 1.82) is 0 Å². The minimum absolute atomic E-state index is 0.0845. The van der Waals surface area contributed by atoms with Crippen molar-refractivity contribution in [1.82, 2.24) is 16.2 Å². The number of amides is 2. The summed E-state index contributed by atoms with van der Waals surface area (Å²) in [7, 11) is 3.18. The summed E-state index contributed by atoms with van der Waals surface area (Å²) in [6.45, 7) is 2.85. The van der Waals surface area contributed by atoms with E-state index in [0.29, 0.717) is 46.9 Å². The van der Waals surface area contributed by atoms with Gasteiger partial charge in [-0.25, -0.2) is 10.4 Å². The molecular weight excluding hydrogens is 490 g/mol. The number of hydrogen-bond acceptors (Lipinski definition) is 8. The van der Waals surface area contributed by atoms with Crippen LogP contribution in [0.4, 0.5) is 5.69 Å². The Balaban J connectivity index is 1.38. The first kappa shape index (κ1) is 25.3. The number of aryl methyl sites for hydroxylation is 1. The molecule has 35 heavy (non-hydrogen) atoms. The highest BCUT2D eigenvalue weighted by Crippen LogP contribution is 2.32. The molecule has 2 aliphatic heterocycles. The zero-order valence-corrected chi connectivity index (χ0v) is 21.3. The average molecular weight is 518 g/mol. The molecule has 186 valence electrons. The van der Waals surface area contributed by atoms with E-state index in [1.54, 1.807) is 25.2 Å². The molecule has 0 aromatic heterocycles. The number of nitrogens with zero attached hydrogens (tertiary/aromatic N) is 2. The number of anilines is 1. The molecule has 9 nitrogen and oxygen atoms in total. The zero-order valence-electron chi connectivity index (χ0n) is 19.8. The number of benzene rings is 2. The van der Waals surface area contributed by atoms with Crippen molar-refractivity contribution < 1.29 is 19.1 Å². The van der Waals surface area contributed by atoms with Crippen LogP contribution in [0.1, 0.15) is 11.1 Å². The van der Waals surface area contributed by atoms with Gasteiger partial charge in [0.1, 0.15) is 6.17 Å². The Bertz CT molecular complexity index is 1140. The van der Waals surface area contributed by atoms with Gasteiger partial charge in [0.15, 0.2) is 16.7 Å². The van der Waals surface area contributed by atoms with Gasteiger partial charge in [-0.05, 0) is 48.7 Å². The van der Waals surface area contributed by atoms with Gasteiger partial charge in [0.2, 0.25) is 11.8 Å². The molecule has 1 fully saturated rings. The van der Waals surface area contributed by atoms with Crippen molar-refractivity contribution in [3.63, 3.8) is 0 Å². The second-order valence-corrected chi connectivity index (χ2v) is 9.52. The van der Waals surface area contributed by atoms with E-state index in [0.717, 1.165) is 11.1 Å². The fourth-order valence-electron chi connectivity index (χ4n) is 3.89. The molecule has 1 saturated heterocycles. The summed E-state index contributed by atoms with van der Waals surface area (Å²) in [5.41, 5.74) is 8.59. The van der Waals surface area contributed by atoms with Crippen LogP contribution in [-0.4, -0.2) is 56.2 Å². The van der Waals surface area contributed by atoms with E-state index in [1.807, 2.05) is 37.3 Å². The number of rotatable bonds is 8. The summed E-state index contributed by atoms with van der Waals surface area (Å²) in [6, 6.07) is 11.1. The van der Waals surface area contributed by atoms with E-state index in [2.05, 4.69) is 16.2 Å². The third-order valence-electron chi connectivity index (χ3n) is 5.86. The Morgan fingerprint density at radius 3 is 2.77 bits per heavy atom. The Morgan fingerprint density at radius 2 is 2.03 bits per heavy atom. The number of ether oxygens (including phenoxy) is 2. The van der Waals surface area contributed by atoms with Crippen LogP contribution in [0.2, 0.25) is 5.02 Å². The molecule has 0 spiro atoms. The van der Waals surface area contributed by atoms with Gasteiger partial charge in [-0.15, -0.1) is 0 Å². The first-order chi connectivity index (χ1) is 16.9. The molecule has 0 bridgehead atoms. The quantitative estimate of drug-likeness (QED) is 0.494. The van der Waals surface area contributed by atoms with Crippen LogP contribution in [0.15, 0.2) is 41.4 Å². The summed E-state index contributed by atoms with van der Waals surface area (Å²) < 4.78 is 10.6. The lowest BCUT2D eigenvalue weighted by Crippen LogP contribution is -2.49. The number of hydrogen-bond donors (Lipinski definition) is 3. The van der Waals surface area contributed by atoms with Gasteiger partial charge in [-0.3, -0.25) is 19.9 Å². The number of carbonyl (C=O) groups is 2. The number of thioether (sulfide) groups is 1. The van der Waals surface area contributed by atoms with Gasteiger partial charge >= 0.3 is 0 Å². The van der Waals surface area contributed by atoms with Crippen molar-refractivity contribution in [2.45, 2.75) is 19.5 Å². The molecule has 4 rings (SSSR count). The number of methoxy groups -OCH3 is 2. The van der Waals surface area contributed by atoms with E-state index in [1.165, 1.54) is 11.8 Å². The van der Waals surface area contributed by atoms with Crippen LogP contribution in [-0.2, 0) is 16.0 Å². The molecule has 0 aliphatic carbocycles. The Morgan fingerprint density at radius 1 is 1.23 bits per heavy atom. The minimum Gasteiger partial charge on any atom is -0.493 e. The minimum atomic E-state index is -0.365. The SMILES string of the molecule is COc1ccc(CCNC(=O)CSC2=NC3NNCC3C(=O)N2c2ccc(C)c(Cl)c2)cc1OC. The van der Waals surface area contributed by atoms with Crippen LogP contribution in [0, 0.1) is 12.8 Å². The van der Waals surface area contributed by atoms with Crippen LogP contribution in [0.25, 0.3) is 0 Å². The number of aliphatic imine (C=N–C) groups is 1. The lowest BCUT2D eigenvalue weighted by Gasteiger charge is -2.32. The number of amidine groups is 1. The number of hydrazine groups is 1. The van der Waals surface area contributed by atoms with E-state index in [9.17, 15) is 9.59 Å². The molecule has 2 aromatic rings. The van der Waals surface area contributed by atoms with Crippen molar-refractivity contribution in [3.05, 3.63) is 52.5 Å². The van der Waals surface area contributed by atoms with Crippen molar-refractivity contribution >= 4 is 46.0 Å². The van der Waals surface area contributed by atoms with Gasteiger partial charge in [-0.1, -0.05) is 35.5 Å².